The van der Waals surface area contributed by atoms with Gasteiger partial charge in [0.1, 0.15) is 0 Å². The van der Waals surface area contributed by atoms with Gasteiger partial charge in [-0.05, 0) is 67.7 Å². The second kappa shape index (κ2) is 6.32. The van der Waals surface area contributed by atoms with Gasteiger partial charge in [0.2, 0.25) is 5.78 Å². The molecule has 5 rings (SSSR count). The number of ketones is 1. The second-order valence-electron chi connectivity index (χ2n) is 8.75. The lowest BCUT2D eigenvalue weighted by Gasteiger charge is -2.36. The highest BCUT2D eigenvalue weighted by molar-refractivity contribution is 6.42. The largest absolute Gasteiger partial charge is 0.319 e. The number of benzene rings is 1. The molecule has 3 saturated carbocycles. The highest BCUT2D eigenvalue weighted by atomic mass is 16.2. The molecule has 0 spiro atoms. The number of hydrogen-bond acceptors (Lipinski definition) is 3. The van der Waals surface area contributed by atoms with E-state index in [1.54, 1.807) is 12.5 Å². The lowest BCUT2D eigenvalue weighted by Crippen LogP contribution is -2.41. The Balaban J connectivity index is 1.30. The molecule has 4 atom stereocenters. The number of nitrogens with zero attached hydrogens (tertiary/aromatic N) is 2. The van der Waals surface area contributed by atoms with E-state index in [9.17, 15) is 9.59 Å². The van der Waals surface area contributed by atoms with Crippen molar-refractivity contribution in [3.05, 3.63) is 43.0 Å². The summed E-state index contributed by atoms with van der Waals surface area (Å²) in [6, 6.07) is 7.50. The van der Waals surface area contributed by atoms with E-state index in [0.717, 1.165) is 24.9 Å². The van der Waals surface area contributed by atoms with Crippen molar-refractivity contribution in [1.82, 2.24) is 9.55 Å². The van der Waals surface area contributed by atoms with Crippen LogP contribution in [0.5, 0.6) is 0 Å². The molecule has 1 N–H and O–H groups in total. The van der Waals surface area contributed by atoms with Gasteiger partial charge in [-0.1, -0.05) is 19.3 Å². The summed E-state index contributed by atoms with van der Waals surface area (Å²) in [6.07, 6.45) is 13.2. The molecule has 2 aromatic rings. The molecule has 3 aliphatic rings. The van der Waals surface area contributed by atoms with Gasteiger partial charge in [-0.15, -0.1) is 0 Å². The van der Waals surface area contributed by atoms with E-state index in [4.69, 9.17) is 0 Å². The number of amides is 1. The number of imidazole rings is 1. The highest BCUT2D eigenvalue weighted by Gasteiger charge is 2.56. The van der Waals surface area contributed by atoms with Crippen LogP contribution in [-0.2, 0) is 9.59 Å². The first-order valence-electron chi connectivity index (χ1n) is 10.1. The highest BCUT2D eigenvalue weighted by Crippen LogP contribution is 2.60. The monoisotopic (exact) mass is 363 g/mol. The molecule has 0 radical (unpaired) electrons. The third-order valence-electron chi connectivity index (χ3n) is 7.09. The molecule has 5 nitrogen and oxygen atoms in total. The lowest BCUT2D eigenvalue weighted by molar-refractivity contribution is -0.142. The lowest BCUT2D eigenvalue weighted by atomic mass is 9.67. The predicted octanol–water partition coefficient (Wildman–Crippen LogP) is 3.99. The number of fused-ring (bicyclic) bond motifs is 2. The molecule has 140 valence electrons. The van der Waals surface area contributed by atoms with Crippen molar-refractivity contribution >= 4 is 17.4 Å². The van der Waals surface area contributed by atoms with E-state index in [-0.39, 0.29) is 11.2 Å². The van der Waals surface area contributed by atoms with Crippen molar-refractivity contribution in [2.75, 3.05) is 5.32 Å². The average Bonchev–Trinajstić information content (AvgIpc) is 3.25. The Morgan fingerprint density at radius 3 is 2.67 bits per heavy atom. The van der Waals surface area contributed by atoms with Crippen LogP contribution in [-0.4, -0.2) is 21.2 Å². The van der Waals surface area contributed by atoms with E-state index in [1.165, 1.54) is 25.7 Å². The Kier molecular flexibility index (Phi) is 3.92. The van der Waals surface area contributed by atoms with E-state index in [0.29, 0.717) is 23.4 Å². The number of hydrogen-bond donors (Lipinski definition) is 1. The molecule has 1 heterocycles. The topological polar surface area (TPSA) is 64.0 Å². The second-order valence-corrected chi connectivity index (χ2v) is 8.75. The van der Waals surface area contributed by atoms with Gasteiger partial charge >= 0.3 is 0 Å². The maximum atomic E-state index is 13.1. The van der Waals surface area contributed by atoms with Gasteiger partial charge in [-0.25, -0.2) is 4.98 Å². The van der Waals surface area contributed by atoms with Crippen LogP contribution in [0.4, 0.5) is 5.69 Å². The minimum absolute atomic E-state index is 0.180. The van der Waals surface area contributed by atoms with Gasteiger partial charge in [0.15, 0.2) is 0 Å². The first kappa shape index (κ1) is 16.7. The van der Waals surface area contributed by atoms with Crippen molar-refractivity contribution in [3.63, 3.8) is 0 Å². The van der Waals surface area contributed by atoms with E-state index < -0.39 is 5.91 Å². The number of aromatic nitrogens is 2. The third kappa shape index (κ3) is 2.89. The summed E-state index contributed by atoms with van der Waals surface area (Å²) in [5.74, 6) is 1.34. The SMILES string of the molecule is O=C(Nc1ccc(-n2ccnc2)cc1)C(=O)C12CC3CCCC(C1)C(C3)C2. The Labute approximate surface area is 159 Å². The van der Waals surface area contributed by atoms with Crippen molar-refractivity contribution < 1.29 is 9.59 Å². The standard InChI is InChI=1S/C22H25N3O2/c26-20(22-11-15-2-1-3-16(12-22)17(10-15)13-22)21(27)24-18-4-6-19(7-5-18)25-9-8-23-14-25/h4-9,14-17H,1-3,10-13H2,(H,24,27). The summed E-state index contributed by atoms with van der Waals surface area (Å²) in [5, 5.41) is 2.84. The quantitative estimate of drug-likeness (QED) is 0.836. The van der Waals surface area contributed by atoms with Gasteiger partial charge in [-0.3, -0.25) is 9.59 Å². The van der Waals surface area contributed by atoms with E-state index in [2.05, 4.69) is 10.3 Å². The Hall–Kier alpha value is -2.43. The van der Waals surface area contributed by atoms with Crippen LogP contribution in [0, 0.1) is 23.2 Å². The number of rotatable bonds is 4. The molecule has 1 aromatic carbocycles. The molecule has 3 fully saturated rings. The van der Waals surface area contributed by atoms with E-state index >= 15 is 0 Å². The first-order valence-corrected chi connectivity index (χ1v) is 10.1. The molecule has 3 bridgehead atoms. The number of Topliss-reactive ketones (excluding diaryl/α,β-unsaturated/α-hetero) is 1. The Morgan fingerprint density at radius 1 is 1.07 bits per heavy atom. The number of anilines is 1. The van der Waals surface area contributed by atoms with Crippen molar-refractivity contribution in [1.29, 1.82) is 0 Å². The van der Waals surface area contributed by atoms with Crippen LogP contribution in [0.3, 0.4) is 0 Å². The van der Waals surface area contributed by atoms with Gasteiger partial charge < -0.3 is 9.88 Å². The molecule has 1 aromatic heterocycles. The molecular weight excluding hydrogens is 338 g/mol. The summed E-state index contributed by atoms with van der Waals surface area (Å²) < 4.78 is 1.90. The van der Waals surface area contributed by atoms with Crippen LogP contribution in [0.25, 0.3) is 5.69 Å². The van der Waals surface area contributed by atoms with Crippen molar-refractivity contribution in [2.45, 2.75) is 44.9 Å². The van der Waals surface area contributed by atoms with Crippen LogP contribution in [0.15, 0.2) is 43.0 Å². The zero-order valence-corrected chi connectivity index (χ0v) is 15.4. The molecule has 4 unspecified atom stereocenters. The third-order valence-corrected chi connectivity index (χ3v) is 7.09. The molecule has 1 amide bonds. The van der Waals surface area contributed by atoms with Crippen LogP contribution in [0.1, 0.15) is 44.9 Å². The van der Waals surface area contributed by atoms with Gasteiger partial charge in [0.25, 0.3) is 5.91 Å². The maximum Gasteiger partial charge on any atom is 0.292 e. The minimum atomic E-state index is -0.439. The van der Waals surface area contributed by atoms with Gasteiger partial charge in [0.05, 0.1) is 6.33 Å². The fraction of sp³-hybridized carbons (Fsp3) is 0.500. The van der Waals surface area contributed by atoms with Crippen LogP contribution >= 0.6 is 0 Å². The normalized spacial score (nSPS) is 31.5. The predicted molar refractivity (Wildman–Crippen MR) is 102 cm³/mol. The molecule has 3 aliphatic carbocycles. The first-order chi connectivity index (χ1) is 13.1. The minimum Gasteiger partial charge on any atom is -0.319 e. The smallest absolute Gasteiger partial charge is 0.292 e. The van der Waals surface area contributed by atoms with Crippen molar-refractivity contribution in [2.24, 2.45) is 23.2 Å². The Morgan fingerprint density at radius 2 is 1.89 bits per heavy atom. The van der Waals surface area contributed by atoms with Crippen molar-refractivity contribution in [3.8, 4) is 5.69 Å². The van der Waals surface area contributed by atoms with E-state index in [1.807, 2.05) is 35.0 Å². The number of carbonyl (C=O) groups excluding carboxylic acids is 2. The molecule has 0 aliphatic heterocycles. The molecule has 0 saturated heterocycles. The fourth-order valence-electron chi connectivity index (χ4n) is 5.99. The summed E-state index contributed by atoms with van der Waals surface area (Å²) in [7, 11) is 0. The Bertz CT molecular complexity index is 854. The summed E-state index contributed by atoms with van der Waals surface area (Å²) in [6.45, 7) is 0. The maximum absolute atomic E-state index is 13.1. The summed E-state index contributed by atoms with van der Waals surface area (Å²) in [5.41, 5.74) is 1.24. The zero-order valence-electron chi connectivity index (χ0n) is 15.4. The summed E-state index contributed by atoms with van der Waals surface area (Å²) >= 11 is 0. The van der Waals surface area contributed by atoms with Gasteiger partial charge in [-0.2, -0.15) is 0 Å². The average molecular weight is 363 g/mol. The molecular formula is C22H25N3O2. The molecule has 27 heavy (non-hydrogen) atoms. The van der Waals surface area contributed by atoms with Crippen LogP contribution in [0.2, 0.25) is 0 Å². The molecule has 5 heteroatoms. The zero-order chi connectivity index (χ0) is 18.4. The number of carbonyl (C=O) groups is 2. The van der Waals surface area contributed by atoms with Gasteiger partial charge in [0, 0.05) is 29.2 Å². The fourth-order valence-corrected chi connectivity index (χ4v) is 5.99. The number of nitrogens with one attached hydrogen (secondary N) is 1. The van der Waals surface area contributed by atoms with Crippen LogP contribution < -0.4 is 5.32 Å². The summed E-state index contributed by atoms with van der Waals surface area (Å²) in [4.78, 5) is 29.9.